The van der Waals surface area contributed by atoms with Crippen molar-refractivity contribution in [2.75, 3.05) is 25.0 Å². The molecule has 1 aliphatic heterocycles. The first-order valence-corrected chi connectivity index (χ1v) is 8.86. The minimum absolute atomic E-state index is 0.102. The van der Waals surface area contributed by atoms with Crippen LogP contribution in [0.4, 0.5) is 5.82 Å². The molecule has 2 N–H and O–H groups in total. The Kier molecular flexibility index (Phi) is 5.27. The molecule has 1 aliphatic rings. The third-order valence-electron chi connectivity index (χ3n) is 4.04. The highest BCUT2D eigenvalue weighted by atomic mass is 32.1. The van der Waals surface area contributed by atoms with Crippen molar-refractivity contribution in [3.05, 3.63) is 34.2 Å². The first-order chi connectivity index (χ1) is 11.6. The average Bonchev–Trinajstić information content (AvgIpc) is 3.30. The third-order valence-corrected chi connectivity index (χ3v) is 4.74. The van der Waals surface area contributed by atoms with Gasteiger partial charge in [0, 0.05) is 12.6 Å². The predicted molar refractivity (Wildman–Crippen MR) is 90.7 cm³/mol. The summed E-state index contributed by atoms with van der Waals surface area (Å²) in [5.74, 6) is -0.609. The van der Waals surface area contributed by atoms with Gasteiger partial charge in [0.15, 0.2) is 5.82 Å². The molecule has 0 unspecified atom stereocenters. The van der Waals surface area contributed by atoms with Gasteiger partial charge in [-0.1, -0.05) is 5.16 Å². The number of nitrogens with one attached hydrogen (secondary N) is 2. The lowest BCUT2D eigenvalue weighted by Crippen LogP contribution is -2.41. The second-order valence-electron chi connectivity index (χ2n) is 5.80. The molecule has 128 valence electrons. The summed E-state index contributed by atoms with van der Waals surface area (Å²) in [5.41, 5.74) is 1.18. The van der Waals surface area contributed by atoms with Crippen LogP contribution in [-0.2, 0) is 9.59 Å². The van der Waals surface area contributed by atoms with Gasteiger partial charge in [-0.15, -0.1) is 0 Å². The number of thiophene rings is 1. The Bertz CT molecular complexity index is 692. The molecule has 1 atom stereocenters. The number of nitrogens with zero attached hydrogens (tertiary/aromatic N) is 2. The van der Waals surface area contributed by atoms with E-state index in [-0.39, 0.29) is 11.9 Å². The first kappa shape index (κ1) is 16.7. The molecule has 1 fully saturated rings. The Labute approximate surface area is 144 Å². The predicted octanol–water partition coefficient (Wildman–Crippen LogP) is 1.94. The maximum Gasteiger partial charge on any atom is 0.314 e. The molecule has 2 aromatic rings. The lowest BCUT2D eigenvalue weighted by atomic mass is 10.1. The van der Waals surface area contributed by atoms with Crippen LogP contribution >= 0.6 is 11.3 Å². The number of aromatic nitrogens is 1. The lowest BCUT2D eigenvalue weighted by Gasteiger charge is -2.27. The van der Waals surface area contributed by atoms with Crippen LogP contribution in [-0.4, -0.2) is 41.5 Å². The van der Waals surface area contributed by atoms with Crippen LogP contribution < -0.4 is 10.6 Å². The molecule has 0 radical (unpaired) electrons. The molecule has 3 rings (SSSR count). The van der Waals surface area contributed by atoms with E-state index >= 15 is 0 Å². The summed E-state index contributed by atoms with van der Waals surface area (Å²) in [6.45, 7) is 4.15. The second-order valence-corrected chi connectivity index (χ2v) is 6.58. The molecule has 2 amide bonds. The van der Waals surface area contributed by atoms with Crippen molar-refractivity contribution in [3.8, 4) is 0 Å². The fraction of sp³-hybridized carbons (Fsp3) is 0.438. The highest BCUT2D eigenvalue weighted by Crippen LogP contribution is 2.26. The zero-order valence-corrected chi connectivity index (χ0v) is 14.3. The Morgan fingerprint density at radius 3 is 2.79 bits per heavy atom. The van der Waals surface area contributed by atoms with Gasteiger partial charge in [0.1, 0.15) is 5.76 Å². The van der Waals surface area contributed by atoms with E-state index in [2.05, 4.69) is 32.1 Å². The van der Waals surface area contributed by atoms with Crippen LogP contribution in [0.3, 0.4) is 0 Å². The van der Waals surface area contributed by atoms with Gasteiger partial charge >= 0.3 is 11.8 Å². The summed E-state index contributed by atoms with van der Waals surface area (Å²) < 4.78 is 4.86. The number of rotatable bonds is 5. The van der Waals surface area contributed by atoms with Crippen molar-refractivity contribution in [2.24, 2.45) is 0 Å². The van der Waals surface area contributed by atoms with Gasteiger partial charge in [-0.25, -0.2) is 0 Å². The molecule has 2 aromatic heterocycles. The van der Waals surface area contributed by atoms with E-state index in [4.69, 9.17) is 4.52 Å². The summed E-state index contributed by atoms with van der Waals surface area (Å²) in [7, 11) is 0. The standard InChI is InChI=1S/C16H20N4O3S/c1-11-8-14(19-23-11)18-16(22)15(21)17-9-13(12-4-7-24-10-12)20-5-2-3-6-20/h4,7-8,10,13H,2-3,5-6,9H2,1H3,(H,17,21)(H,18,19,22)/t13-/m1/s1. The van der Waals surface area contributed by atoms with Crippen LogP contribution in [0.15, 0.2) is 27.4 Å². The molecule has 1 saturated heterocycles. The molecular formula is C16H20N4O3S. The Balaban J connectivity index is 1.57. The van der Waals surface area contributed by atoms with Gasteiger partial charge in [0.2, 0.25) is 0 Å². The largest absolute Gasteiger partial charge is 0.360 e. The van der Waals surface area contributed by atoms with E-state index in [0.29, 0.717) is 12.3 Å². The smallest absolute Gasteiger partial charge is 0.314 e. The van der Waals surface area contributed by atoms with Crippen molar-refractivity contribution in [2.45, 2.75) is 25.8 Å². The minimum atomic E-state index is -0.742. The topological polar surface area (TPSA) is 87.5 Å². The van der Waals surface area contributed by atoms with Gasteiger partial charge in [-0.05, 0) is 55.2 Å². The molecule has 0 spiro atoms. The van der Waals surface area contributed by atoms with Gasteiger partial charge in [0.05, 0.1) is 6.04 Å². The van der Waals surface area contributed by atoms with Crippen LogP contribution in [0.2, 0.25) is 0 Å². The monoisotopic (exact) mass is 348 g/mol. The number of amides is 2. The van der Waals surface area contributed by atoms with Crippen molar-refractivity contribution in [1.82, 2.24) is 15.4 Å². The van der Waals surface area contributed by atoms with E-state index in [1.807, 2.05) is 5.38 Å². The summed E-state index contributed by atoms with van der Waals surface area (Å²) in [4.78, 5) is 26.3. The Morgan fingerprint density at radius 1 is 1.38 bits per heavy atom. The Morgan fingerprint density at radius 2 is 2.17 bits per heavy atom. The van der Waals surface area contributed by atoms with Gasteiger partial charge in [-0.2, -0.15) is 11.3 Å². The Hall–Kier alpha value is -2.19. The van der Waals surface area contributed by atoms with E-state index in [0.717, 1.165) is 13.1 Å². The van der Waals surface area contributed by atoms with Gasteiger partial charge in [0.25, 0.3) is 0 Å². The summed E-state index contributed by atoms with van der Waals surface area (Å²) >= 11 is 1.63. The van der Waals surface area contributed by atoms with Gasteiger partial charge in [-0.3, -0.25) is 19.8 Å². The van der Waals surface area contributed by atoms with Crippen LogP contribution in [0.1, 0.15) is 30.2 Å². The number of hydrogen-bond acceptors (Lipinski definition) is 6. The van der Waals surface area contributed by atoms with E-state index in [1.165, 1.54) is 18.4 Å². The summed E-state index contributed by atoms with van der Waals surface area (Å²) in [5, 5.41) is 12.9. The molecule has 0 aromatic carbocycles. The number of carbonyl (C=O) groups excluding carboxylic acids is 2. The molecule has 0 bridgehead atoms. The molecule has 24 heavy (non-hydrogen) atoms. The van der Waals surface area contributed by atoms with E-state index < -0.39 is 11.8 Å². The number of aryl methyl sites for hydroxylation is 1. The third kappa shape index (κ3) is 4.01. The maximum absolute atomic E-state index is 12.0. The number of hydrogen-bond donors (Lipinski definition) is 2. The van der Waals surface area contributed by atoms with Crippen LogP contribution in [0, 0.1) is 6.92 Å². The lowest BCUT2D eigenvalue weighted by molar-refractivity contribution is -0.136. The normalized spacial score (nSPS) is 16.0. The molecule has 0 saturated carbocycles. The summed E-state index contributed by atoms with van der Waals surface area (Å²) in [6, 6.07) is 3.73. The van der Waals surface area contributed by atoms with Crippen LogP contribution in [0.5, 0.6) is 0 Å². The zero-order chi connectivity index (χ0) is 16.9. The molecule has 3 heterocycles. The van der Waals surface area contributed by atoms with Gasteiger partial charge < -0.3 is 9.84 Å². The first-order valence-electron chi connectivity index (χ1n) is 7.92. The maximum atomic E-state index is 12.0. The summed E-state index contributed by atoms with van der Waals surface area (Å²) in [6.07, 6.45) is 2.33. The fourth-order valence-electron chi connectivity index (χ4n) is 2.84. The zero-order valence-electron chi connectivity index (χ0n) is 13.4. The highest BCUT2D eigenvalue weighted by molar-refractivity contribution is 7.07. The molecule has 0 aliphatic carbocycles. The molecular weight excluding hydrogens is 328 g/mol. The number of anilines is 1. The minimum Gasteiger partial charge on any atom is -0.360 e. The fourth-order valence-corrected chi connectivity index (χ4v) is 3.55. The molecule has 8 heteroatoms. The average molecular weight is 348 g/mol. The second kappa shape index (κ2) is 7.59. The quantitative estimate of drug-likeness (QED) is 0.806. The SMILES string of the molecule is Cc1cc(NC(=O)C(=O)NC[C@H](c2ccsc2)N2CCCC2)no1. The van der Waals surface area contributed by atoms with Crippen LogP contribution in [0.25, 0.3) is 0 Å². The molecule has 7 nitrogen and oxygen atoms in total. The number of likely N-dealkylation sites (tertiary alicyclic amines) is 1. The van der Waals surface area contributed by atoms with Crippen molar-refractivity contribution in [3.63, 3.8) is 0 Å². The van der Waals surface area contributed by atoms with E-state index in [1.54, 1.807) is 24.3 Å². The highest BCUT2D eigenvalue weighted by Gasteiger charge is 2.25. The van der Waals surface area contributed by atoms with Crippen molar-refractivity contribution >= 4 is 29.0 Å². The van der Waals surface area contributed by atoms with Crippen molar-refractivity contribution < 1.29 is 14.1 Å². The van der Waals surface area contributed by atoms with E-state index in [9.17, 15) is 9.59 Å². The van der Waals surface area contributed by atoms with Crippen molar-refractivity contribution in [1.29, 1.82) is 0 Å². The number of carbonyl (C=O) groups is 2.